The van der Waals surface area contributed by atoms with E-state index in [-0.39, 0.29) is 18.1 Å². The molecule has 0 radical (unpaired) electrons. The lowest BCUT2D eigenvalue weighted by atomic mass is 10.1. The van der Waals surface area contributed by atoms with Crippen LogP contribution in [0.25, 0.3) is 11.0 Å². The van der Waals surface area contributed by atoms with Gasteiger partial charge in [0, 0.05) is 13.0 Å². The second-order valence-corrected chi connectivity index (χ2v) is 6.95. The van der Waals surface area contributed by atoms with E-state index in [4.69, 9.17) is 4.74 Å². The summed E-state index contributed by atoms with van der Waals surface area (Å²) >= 11 is 0. The minimum atomic E-state index is -0.518. The lowest BCUT2D eigenvalue weighted by Crippen LogP contribution is -2.25. The molecule has 0 unspecified atom stereocenters. The van der Waals surface area contributed by atoms with E-state index < -0.39 is 11.7 Å². The number of nitrogens with one attached hydrogen (secondary N) is 1. The van der Waals surface area contributed by atoms with E-state index in [0.29, 0.717) is 13.2 Å². The number of halogens is 1. The molecule has 0 atom stereocenters. The van der Waals surface area contributed by atoms with Gasteiger partial charge in [-0.3, -0.25) is 9.59 Å². The Kier molecular flexibility index (Phi) is 7.54. The van der Waals surface area contributed by atoms with Gasteiger partial charge in [0.15, 0.2) is 0 Å². The highest BCUT2D eigenvalue weighted by Gasteiger charge is 2.14. The van der Waals surface area contributed by atoms with Crippen molar-refractivity contribution in [1.29, 1.82) is 0 Å². The maximum absolute atomic E-state index is 13.6. The quantitative estimate of drug-likeness (QED) is 0.406. The molecule has 0 bridgehead atoms. The number of hydrogen-bond donors (Lipinski definition) is 1. The van der Waals surface area contributed by atoms with Crippen molar-refractivity contribution in [2.45, 2.75) is 39.2 Å². The summed E-state index contributed by atoms with van der Waals surface area (Å²) in [6, 6.07) is 13.7. The Hall–Kier alpha value is -3.22. The number of para-hydroxylation sites is 2. The molecule has 30 heavy (non-hydrogen) atoms. The van der Waals surface area contributed by atoms with E-state index in [1.165, 1.54) is 12.1 Å². The molecule has 0 aliphatic carbocycles. The lowest BCUT2D eigenvalue weighted by Gasteiger charge is -2.09. The van der Waals surface area contributed by atoms with Crippen LogP contribution < -0.4 is 5.32 Å². The van der Waals surface area contributed by atoms with Gasteiger partial charge in [-0.05, 0) is 44.0 Å². The number of imidazole rings is 1. The third-order valence-corrected chi connectivity index (χ3v) is 4.81. The average molecular weight is 411 g/mol. The van der Waals surface area contributed by atoms with E-state index in [9.17, 15) is 14.0 Å². The van der Waals surface area contributed by atoms with Gasteiger partial charge in [-0.25, -0.2) is 9.37 Å². The van der Waals surface area contributed by atoms with E-state index in [1.54, 1.807) is 19.1 Å². The summed E-state index contributed by atoms with van der Waals surface area (Å²) in [7, 11) is 0. The van der Waals surface area contributed by atoms with E-state index in [1.807, 2.05) is 28.8 Å². The topological polar surface area (TPSA) is 73.2 Å². The van der Waals surface area contributed by atoms with Crippen molar-refractivity contribution in [3.63, 3.8) is 0 Å². The zero-order valence-corrected chi connectivity index (χ0v) is 17.1. The van der Waals surface area contributed by atoms with Gasteiger partial charge in [-0.1, -0.05) is 30.7 Å². The molecule has 1 amide bonds. The molecule has 0 aliphatic heterocycles. The molecule has 7 heteroatoms. The number of benzene rings is 2. The lowest BCUT2D eigenvalue weighted by molar-refractivity contribution is -0.143. The molecule has 1 aromatic heterocycles. The summed E-state index contributed by atoms with van der Waals surface area (Å²) in [5, 5.41) is 2.75. The smallest absolute Gasteiger partial charge is 0.326 e. The zero-order valence-electron chi connectivity index (χ0n) is 17.1. The minimum absolute atomic E-state index is 0.0604. The number of esters is 1. The van der Waals surface area contributed by atoms with Crippen LogP contribution in [0.4, 0.5) is 4.39 Å². The second kappa shape index (κ2) is 10.5. The van der Waals surface area contributed by atoms with Gasteiger partial charge in [-0.15, -0.1) is 0 Å². The number of ether oxygens (including phenoxy) is 1. The van der Waals surface area contributed by atoms with E-state index in [0.717, 1.165) is 42.5 Å². The molecule has 0 saturated carbocycles. The van der Waals surface area contributed by atoms with Crippen LogP contribution in [-0.4, -0.2) is 34.6 Å². The number of nitrogens with zero attached hydrogens (tertiary/aromatic N) is 2. The summed E-state index contributed by atoms with van der Waals surface area (Å²) < 4.78 is 20.6. The first-order chi connectivity index (χ1) is 14.6. The number of amides is 1. The first-order valence-corrected chi connectivity index (χ1v) is 10.2. The Morgan fingerprint density at radius 2 is 1.83 bits per heavy atom. The van der Waals surface area contributed by atoms with Crippen LogP contribution in [0.1, 0.15) is 42.4 Å². The van der Waals surface area contributed by atoms with Crippen LogP contribution in [0.15, 0.2) is 48.5 Å². The maximum Gasteiger partial charge on any atom is 0.326 e. The third kappa shape index (κ3) is 5.43. The number of aryl methyl sites for hydroxylation is 1. The van der Waals surface area contributed by atoms with Crippen molar-refractivity contribution in [1.82, 2.24) is 14.9 Å². The Bertz CT molecular complexity index is 1020. The fourth-order valence-electron chi connectivity index (χ4n) is 3.36. The molecule has 6 nitrogen and oxygen atoms in total. The molecular weight excluding hydrogens is 385 g/mol. The number of rotatable bonds is 10. The number of aromatic nitrogens is 2. The molecule has 3 aromatic rings. The van der Waals surface area contributed by atoms with Crippen LogP contribution in [-0.2, 0) is 22.5 Å². The standard InChI is InChI=1S/C23H26FN3O3/c1-2-30-22(28)16-27-20-13-8-7-12-19(20)26-21(27)14-4-3-9-15-25-23(29)17-10-5-6-11-18(17)24/h5-8,10-13H,2-4,9,14-16H2,1H3,(H,25,29). The molecular formula is C23H26FN3O3. The molecule has 2 aromatic carbocycles. The Balaban J connectivity index is 1.50. The monoisotopic (exact) mass is 411 g/mol. The van der Waals surface area contributed by atoms with E-state index >= 15 is 0 Å². The highest BCUT2D eigenvalue weighted by atomic mass is 19.1. The highest BCUT2D eigenvalue weighted by molar-refractivity contribution is 5.94. The predicted octanol–water partition coefficient (Wildman–Crippen LogP) is 3.88. The number of carbonyl (C=O) groups excluding carboxylic acids is 2. The van der Waals surface area contributed by atoms with Gasteiger partial charge in [0.1, 0.15) is 18.2 Å². The maximum atomic E-state index is 13.6. The van der Waals surface area contributed by atoms with Crippen molar-refractivity contribution in [2.75, 3.05) is 13.2 Å². The number of hydrogen-bond acceptors (Lipinski definition) is 4. The normalized spacial score (nSPS) is 10.9. The van der Waals surface area contributed by atoms with Crippen LogP contribution in [0.5, 0.6) is 0 Å². The zero-order chi connectivity index (χ0) is 21.3. The molecule has 0 saturated heterocycles. The van der Waals surface area contributed by atoms with Crippen molar-refractivity contribution >= 4 is 22.9 Å². The van der Waals surface area contributed by atoms with Crippen LogP contribution in [0.3, 0.4) is 0 Å². The molecule has 0 spiro atoms. The first kappa shape index (κ1) is 21.5. The van der Waals surface area contributed by atoms with Gasteiger partial charge in [0.05, 0.1) is 23.2 Å². The van der Waals surface area contributed by atoms with Crippen molar-refractivity contribution in [3.05, 3.63) is 65.7 Å². The molecule has 0 aliphatic rings. The molecule has 158 valence electrons. The summed E-state index contributed by atoms with van der Waals surface area (Å²) in [5.41, 5.74) is 1.83. The van der Waals surface area contributed by atoms with Gasteiger partial charge >= 0.3 is 5.97 Å². The molecule has 3 rings (SSSR count). The largest absolute Gasteiger partial charge is 0.465 e. The van der Waals surface area contributed by atoms with E-state index in [2.05, 4.69) is 10.3 Å². The Labute approximate surface area is 175 Å². The summed E-state index contributed by atoms with van der Waals surface area (Å²) in [5.74, 6) is -0.350. The molecule has 0 fully saturated rings. The fraction of sp³-hybridized carbons (Fsp3) is 0.348. The predicted molar refractivity (Wildman–Crippen MR) is 113 cm³/mol. The first-order valence-electron chi connectivity index (χ1n) is 10.2. The van der Waals surface area contributed by atoms with Crippen LogP contribution in [0.2, 0.25) is 0 Å². The van der Waals surface area contributed by atoms with Crippen molar-refractivity contribution < 1.29 is 18.7 Å². The third-order valence-electron chi connectivity index (χ3n) is 4.81. The molecule has 1 heterocycles. The second-order valence-electron chi connectivity index (χ2n) is 6.95. The number of fused-ring (bicyclic) bond motifs is 1. The van der Waals surface area contributed by atoms with Crippen molar-refractivity contribution in [3.8, 4) is 0 Å². The number of carbonyl (C=O) groups is 2. The Morgan fingerprint density at radius 1 is 1.07 bits per heavy atom. The highest BCUT2D eigenvalue weighted by Crippen LogP contribution is 2.18. The van der Waals surface area contributed by atoms with Gasteiger partial charge in [0.25, 0.3) is 5.91 Å². The van der Waals surface area contributed by atoms with Gasteiger partial charge < -0.3 is 14.6 Å². The van der Waals surface area contributed by atoms with Crippen LogP contribution in [0, 0.1) is 5.82 Å². The fourth-order valence-corrected chi connectivity index (χ4v) is 3.36. The van der Waals surface area contributed by atoms with Crippen molar-refractivity contribution in [2.24, 2.45) is 0 Å². The average Bonchev–Trinajstić information content (AvgIpc) is 3.08. The summed E-state index contributed by atoms with van der Waals surface area (Å²) in [6.45, 7) is 2.75. The SMILES string of the molecule is CCOC(=O)Cn1c(CCCCCNC(=O)c2ccccc2F)nc2ccccc21. The summed E-state index contributed by atoms with van der Waals surface area (Å²) in [4.78, 5) is 28.7. The minimum Gasteiger partial charge on any atom is -0.465 e. The van der Waals surface area contributed by atoms with Gasteiger partial charge in [0.2, 0.25) is 0 Å². The van der Waals surface area contributed by atoms with Crippen LogP contribution >= 0.6 is 0 Å². The summed E-state index contributed by atoms with van der Waals surface area (Å²) in [6.07, 6.45) is 3.23. The van der Waals surface area contributed by atoms with Gasteiger partial charge in [-0.2, -0.15) is 0 Å². The molecule has 1 N–H and O–H groups in total. The number of unbranched alkanes of at least 4 members (excludes halogenated alkanes) is 2. The Morgan fingerprint density at radius 3 is 2.63 bits per heavy atom.